The number of fused-ring (bicyclic) bond motifs is 2. The number of anilines is 1. The maximum atomic E-state index is 12.7. The highest BCUT2D eigenvalue weighted by atomic mass is 16.2. The molecule has 23 heavy (non-hydrogen) atoms. The average molecular weight is 310 g/mol. The normalized spacial score (nSPS) is 19.0. The molecule has 0 aliphatic carbocycles. The van der Waals surface area contributed by atoms with E-state index in [0.29, 0.717) is 5.56 Å². The first-order valence-corrected chi connectivity index (χ1v) is 7.91. The Hall–Kier alpha value is -2.63. The molecule has 6 nitrogen and oxygen atoms in total. The van der Waals surface area contributed by atoms with Crippen molar-refractivity contribution in [2.45, 2.75) is 38.8 Å². The van der Waals surface area contributed by atoms with Crippen molar-refractivity contribution in [2.75, 3.05) is 5.32 Å². The van der Waals surface area contributed by atoms with Gasteiger partial charge in [-0.1, -0.05) is 12.1 Å². The van der Waals surface area contributed by atoms with Crippen LogP contribution < -0.4 is 10.6 Å². The summed E-state index contributed by atoms with van der Waals surface area (Å²) in [5, 5.41) is 9.99. The van der Waals surface area contributed by atoms with Crippen LogP contribution >= 0.6 is 0 Å². The Morgan fingerprint density at radius 3 is 3.13 bits per heavy atom. The van der Waals surface area contributed by atoms with Crippen LogP contribution in [0.25, 0.3) is 0 Å². The van der Waals surface area contributed by atoms with E-state index >= 15 is 0 Å². The third-order valence-corrected chi connectivity index (χ3v) is 4.64. The van der Waals surface area contributed by atoms with Crippen LogP contribution in [-0.2, 0) is 17.8 Å². The molecule has 0 fully saturated rings. The molecule has 2 amide bonds. The number of rotatable bonds is 2. The van der Waals surface area contributed by atoms with Crippen molar-refractivity contribution in [3.8, 4) is 0 Å². The van der Waals surface area contributed by atoms with E-state index in [-0.39, 0.29) is 11.8 Å². The van der Waals surface area contributed by atoms with E-state index in [4.69, 9.17) is 0 Å². The van der Waals surface area contributed by atoms with Gasteiger partial charge in [-0.2, -0.15) is 5.10 Å². The summed E-state index contributed by atoms with van der Waals surface area (Å²) in [5.74, 6) is -0.423. The number of carbonyl (C=O) groups excluding carboxylic acids is 2. The zero-order valence-corrected chi connectivity index (χ0v) is 12.9. The predicted molar refractivity (Wildman–Crippen MR) is 85.2 cm³/mol. The van der Waals surface area contributed by atoms with E-state index < -0.39 is 6.04 Å². The molecule has 2 aliphatic heterocycles. The predicted octanol–water partition coefficient (Wildman–Crippen LogP) is 1.95. The van der Waals surface area contributed by atoms with Crippen molar-refractivity contribution >= 4 is 17.5 Å². The zero-order chi connectivity index (χ0) is 16.0. The smallest absolute Gasteiger partial charge is 0.255 e. The van der Waals surface area contributed by atoms with Gasteiger partial charge in [0, 0.05) is 17.8 Å². The standard InChI is InChI=1S/C17H18N4O2/c1-10-5-4-6-12-14(10)15(17(23)19-12)20-16(22)11-9-18-21-8-3-2-7-13(11)21/h4-6,9,15H,2-3,7-8H2,1H3,(H,19,23)(H,20,22). The summed E-state index contributed by atoms with van der Waals surface area (Å²) in [6.07, 6.45) is 4.63. The Morgan fingerprint density at radius 1 is 1.39 bits per heavy atom. The van der Waals surface area contributed by atoms with Gasteiger partial charge in [0.25, 0.3) is 11.8 Å². The van der Waals surface area contributed by atoms with Crippen LogP contribution in [0.5, 0.6) is 0 Å². The molecule has 1 atom stereocenters. The van der Waals surface area contributed by atoms with E-state index in [0.717, 1.165) is 48.3 Å². The van der Waals surface area contributed by atoms with E-state index in [1.165, 1.54) is 0 Å². The summed E-state index contributed by atoms with van der Waals surface area (Å²) in [7, 11) is 0. The fourth-order valence-electron chi connectivity index (χ4n) is 3.47. The Bertz CT molecular complexity index is 809. The van der Waals surface area contributed by atoms with E-state index in [1.807, 2.05) is 29.8 Å². The minimum atomic E-state index is -0.641. The van der Waals surface area contributed by atoms with Crippen molar-refractivity contribution in [3.05, 3.63) is 46.8 Å². The average Bonchev–Trinajstić information content (AvgIpc) is 3.10. The topological polar surface area (TPSA) is 76.0 Å². The molecule has 3 heterocycles. The fraction of sp³-hybridized carbons (Fsp3) is 0.353. The summed E-state index contributed by atoms with van der Waals surface area (Å²) >= 11 is 0. The van der Waals surface area contributed by atoms with Gasteiger partial charge in [-0.15, -0.1) is 0 Å². The monoisotopic (exact) mass is 310 g/mol. The maximum Gasteiger partial charge on any atom is 0.255 e. The van der Waals surface area contributed by atoms with Crippen molar-refractivity contribution in [3.63, 3.8) is 0 Å². The van der Waals surface area contributed by atoms with Gasteiger partial charge >= 0.3 is 0 Å². The van der Waals surface area contributed by atoms with Gasteiger partial charge in [0.2, 0.25) is 0 Å². The molecular weight excluding hydrogens is 292 g/mol. The van der Waals surface area contributed by atoms with E-state index in [2.05, 4.69) is 15.7 Å². The molecule has 0 radical (unpaired) electrons. The van der Waals surface area contributed by atoms with Gasteiger partial charge in [0.1, 0.15) is 6.04 Å². The summed E-state index contributed by atoms with van der Waals surface area (Å²) in [6.45, 7) is 2.80. The Kier molecular flexibility index (Phi) is 3.18. The first-order valence-electron chi connectivity index (χ1n) is 7.91. The lowest BCUT2D eigenvalue weighted by Gasteiger charge is -2.16. The number of nitrogens with one attached hydrogen (secondary N) is 2. The van der Waals surface area contributed by atoms with Gasteiger partial charge in [-0.3, -0.25) is 14.3 Å². The number of aryl methyl sites for hydroxylation is 2. The Labute approximate surface area is 133 Å². The van der Waals surface area contributed by atoms with Crippen LogP contribution in [0.15, 0.2) is 24.4 Å². The largest absolute Gasteiger partial charge is 0.336 e. The van der Waals surface area contributed by atoms with Gasteiger partial charge in [-0.05, 0) is 37.8 Å². The third kappa shape index (κ3) is 2.21. The number of carbonyl (C=O) groups is 2. The molecular formula is C17H18N4O2. The first kappa shape index (κ1) is 14.0. The second kappa shape index (κ2) is 5.22. The number of hydrogen-bond donors (Lipinski definition) is 2. The van der Waals surface area contributed by atoms with Crippen molar-refractivity contribution in [1.82, 2.24) is 15.1 Å². The number of hydrogen-bond acceptors (Lipinski definition) is 3. The van der Waals surface area contributed by atoms with Gasteiger partial charge in [0.15, 0.2) is 0 Å². The molecule has 1 aromatic heterocycles. The number of amides is 2. The third-order valence-electron chi connectivity index (χ3n) is 4.64. The molecule has 0 bridgehead atoms. The summed E-state index contributed by atoms with van der Waals surface area (Å²) < 4.78 is 1.90. The van der Waals surface area contributed by atoms with Gasteiger partial charge in [-0.25, -0.2) is 0 Å². The van der Waals surface area contributed by atoms with Crippen molar-refractivity contribution < 1.29 is 9.59 Å². The quantitative estimate of drug-likeness (QED) is 0.890. The molecule has 0 saturated heterocycles. The van der Waals surface area contributed by atoms with Crippen LogP contribution in [0.4, 0.5) is 5.69 Å². The minimum Gasteiger partial charge on any atom is -0.336 e. The summed E-state index contributed by atoms with van der Waals surface area (Å²) in [6, 6.07) is 5.05. The van der Waals surface area contributed by atoms with Crippen molar-refractivity contribution in [2.24, 2.45) is 0 Å². The minimum absolute atomic E-state index is 0.191. The van der Waals surface area contributed by atoms with Crippen LogP contribution in [0.1, 0.15) is 46.1 Å². The second-order valence-electron chi connectivity index (χ2n) is 6.12. The van der Waals surface area contributed by atoms with Crippen LogP contribution in [-0.4, -0.2) is 21.6 Å². The van der Waals surface area contributed by atoms with Crippen LogP contribution in [0.3, 0.4) is 0 Å². The van der Waals surface area contributed by atoms with Crippen molar-refractivity contribution in [1.29, 1.82) is 0 Å². The molecule has 2 aliphatic rings. The van der Waals surface area contributed by atoms with Crippen LogP contribution in [0, 0.1) is 6.92 Å². The molecule has 1 unspecified atom stereocenters. The molecule has 0 saturated carbocycles. The lowest BCUT2D eigenvalue weighted by molar-refractivity contribution is -0.117. The number of aromatic nitrogens is 2. The van der Waals surface area contributed by atoms with Gasteiger partial charge < -0.3 is 10.6 Å². The summed E-state index contributed by atoms with van der Waals surface area (Å²) in [5.41, 5.74) is 4.17. The lowest BCUT2D eigenvalue weighted by Crippen LogP contribution is -2.33. The highest BCUT2D eigenvalue weighted by Gasteiger charge is 2.34. The first-order chi connectivity index (χ1) is 11.1. The lowest BCUT2D eigenvalue weighted by atomic mass is 10.0. The van der Waals surface area contributed by atoms with Gasteiger partial charge in [0.05, 0.1) is 17.5 Å². The molecule has 2 aromatic rings. The second-order valence-corrected chi connectivity index (χ2v) is 6.12. The summed E-state index contributed by atoms with van der Waals surface area (Å²) in [4.78, 5) is 24.9. The van der Waals surface area contributed by atoms with E-state index in [9.17, 15) is 9.59 Å². The molecule has 1 aromatic carbocycles. The highest BCUT2D eigenvalue weighted by Crippen LogP contribution is 2.33. The fourth-order valence-corrected chi connectivity index (χ4v) is 3.47. The number of nitrogens with zero attached hydrogens (tertiary/aromatic N) is 2. The number of benzene rings is 1. The maximum absolute atomic E-state index is 12.7. The molecule has 6 heteroatoms. The van der Waals surface area contributed by atoms with E-state index in [1.54, 1.807) is 6.20 Å². The van der Waals surface area contributed by atoms with Crippen LogP contribution in [0.2, 0.25) is 0 Å². The Balaban J connectivity index is 1.63. The SMILES string of the molecule is Cc1cccc2c1C(NC(=O)c1cnn3c1CCCC3)C(=O)N2. The zero-order valence-electron chi connectivity index (χ0n) is 12.9. The molecule has 118 valence electrons. The molecule has 0 spiro atoms. The molecule has 4 rings (SSSR count). The molecule has 2 N–H and O–H groups in total. The Morgan fingerprint density at radius 2 is 2.26 bits per heavy atom. The highest BCUT2D eigenvalue weighted by molar-refractivity contribution is 6.06.